The zero-order chi connectivity index (χ0) is 14.3. The highest BCUT2D eigenvalue weighted by molar-refractivity contribution is 6.00. The van der Waals surface area contributed by atoms with Crippen molar-refractivity contribution in [1.82, 2.24) is 14.9 Å². The predicted octanol–water partition coefficient (Wildman–Crippen LogP) is 1.45. The molecule has 0 aromatic carbocycles. The van der Waals surface area contributed by atoms with Crippen LogP contribution >= 0.6 is 0 Å². The van der Waals surface area contributed by atoms with Gasteiger partial charge in [0.1, 0.15) is 23.7 Å². The number of nitrogens with zero attached hydrogens (tertiary/aromatic N) is 3. The van der Waals surface area contributed by atoms with E-state index in [9.17, 15) is 4.79 Å². The Morgan fingerprint density at radius 1 is 1.45 bits per heavy atom. The molecule has 2 aromatic heterocycles. The maximum atomic E-state index is 12.1. The zero-order valence-corrected chi connectivity index (χ0v) is 11.1. The maximum Gasteiger partial charge on any atom is 0.256 e. The van der Waals surface area contributed by atoms with Crippen molar-refractivity contribution in [2.45, 2.75) is 13.1 Å². The minimum absolute atomic E-state index is 0.168. The summed E-state index contributed by atoms with van der Waals surface area (Å²) in [6, 6.07) is 7.36. The summed E-state index contributed by atoms with van der Waals surface area (Å²) in [5.41, 5.74) is 2.88. The second-order valence-electron chi connectivity index (χ2n) is 4.69. The van der Waals surface area contributed by atoms with Gasteiger partial charge in [-0.15, -0.1) is 0 Å². The summed E-state index contributed by atoms with van der Waals surface area (Å²) in [6.07, 6.45) is 1.26. The topological polar surface area (TPSA) is 82.7 Å². The zero-order valence-electron chi connectivity index (χ0n) is 11.1. The van der Waals surface area contributed by atoms with Gasteiger partial charge in [0, 0.05) is 24.5 Å². The highest BCUT2D eigenvalue weighted by atomic mass is 16.2. The number of aromatic nitrogens is 2. The molecule has 1 aliphatic rings. The van der Waals surface area contributed by atoms with Gasteiger partial charge in [0.05, 0.1) is 5.56 Å². The fourth-order valence-electron chi connectivity index (χ4n) is 2.36. The van der Waals surface area contributed by atoms with Crippen LogP contribution in [0.5, 0.6) is 0 Å². The summed E-state index contributed by atoms with van der Waals surface area (Å²) in [5.74, 6) is 0.390. The number of amides is 1. The molecule has 1 atom stereocenters. The molecule has 6 heteroatoms. The van der Waals surface area contributed by atoms with Crippen molar-refractivity contribution < 1.29 is 4.79 Å². The number of carbonyl (C=O) groups excluding carboxylic acids is 1. The van der Waals surface area contributed by atoms with Gasteiger partial charge in [-0.1, -0.05) is 0 Å². The minimum Gasteiger partial charge on any atom is -0.346 e. The maximum absolute atomic E-state index is 12.1. The molecule has 1 aliphatic heterocycles. The summed E-state index contributed by atoms with van der Waals surface area (Å²) < 4.78 is 1.80. The van der Waals surface area contributed by atoms with Crippen LogP contribution in [-0.2, 0) is 7.05 Å². The largest absolute Gasteiger partial charge is 0.346 e. The lowest BCUT2D eigenvalue weighted by atomic mass is 10.1. The fraction of sp³-hybridized carbons (Fsp3) is 0.214. The van der Waals surface area contributed by atoms with Gasteiger partial charge in [0.15, 0.2) is 0 Å². The van der Waals surface area contributed by atoms with Crippen LogP contribution in [0.3, 0.4) is 0 Å². The summed E-state index contributed by atoms with van der Waals surface area (Å²) in [4.78, 5) is 16.3. The Hall–Kier alpha value is -2.81. The SMILES string of the molecule is Cc1c(C2NC(=O)c3cccnc3N2)cc(C#N)n1C. The van der Waals surface area contributed by atoms with Crippen LogP contribution < -0.4 is 10.6 Å². The average Bonchev–Trinajstić information content (AvgIpc) is 2.75. The molecule has 2 N–H and O–H groups in total. The Balaban J connectivity index is 2.03. The van der Waals surface area contributed by atoms with Crippen molar-refractivity contribution in [3.8, 4) is 6.07 Å². The van der Waals surface area contributed by atoms with E-state index in [1.54, 1.807) is 29.0 Å². The van der Waals surface area contributed by atoms with E-state index in [0.717, 1.165) is 11.3 Å². The molecule has 3 rings (SSSR count). The quantitative estimate of drug-likeness (QED) is 0.819. The monoisotopic (exact) mass is 267 g/mol. The number of anilines is 1. The van der Waals surface area contributed by atoms with Crippen LogP contribution in [0.25, 0.3) is 0 Å². The first-order chi connectivity index (χ1) is 9.61. The molecule has 0 spiro atoms. The molecule has 0 bridgehead atoms. The standard InChI is InChI=1S/C14H13N5O/c1-8-11(6-9(7-15)19(8)2)13-17-12-10(14(20)18-13)4-3-5-16-12/h3-6,13H,1-2H3,(H,16,17)(H,18,20). The van der Waals surface area contributed by atoms with Crippen LogP contribution in [0.1, 0.15) is 33.5 Å². The molecule has 0 aliphatic carbocycles. The highest BCUT2D eigenvalue weighted by Gasteiger charge is 2.27. The van der Waals surface area contributed by atoms with Gasteiger partial charge in [-0.2, -0.15) is 5.26 Å². The Labute approximate surface area is 116 Å². The van der Waals surface area contributed by atoms with E-state index in [0.29, 0.717) is 17.1 Å². The average molecular weight is 267 g/mol. The van der Waals surface area contributed by atoms with Gasteiger partial charge in [0.25, 0.3) is 5.91 Å². The van der Waals surface area contributed by atoms with Gasteiger partial charge >= 0.3 is 0 Å². The van der Waals surface area contributed by atoms with E-state index in [4.69, 9.17) is 5.26 Å². The lowest BCUT2D eigenvalue weighted by Crippen LogP contribution is -2.39. The normalized spacial score (nSPS) is 16.9. The van der Waals surface area contributed by atoms with E-state index in [1.165, 1.54) is 0 Å². The molecule has 3 heterocycles. The molecular formula is C14H13N5O. The van der Waals surface area contributed by atoms with Gasteiger partial charge in [-0.25, -0.2) is 4.98 Å². The van der Waals surface area contributed by atoms with Crippen molar-refractivity contribution in [1.29, 1.82) is 5.26 Å². The number of pyridine rings is 1. The molecule has 0 fully saturated rings. The third kappa shape index (κ3) is 1.72. The Morgan fingerprint density at radius 2 is 2.25 bits per heavy atom. The van der Waals surface area contributed by atoms with Crippen molar-refractivity contribution >= 4 is 11.7 Å². The first-order valence-electron chi connectivity index (χ1n) is 6.20. The number of nitrogens with one attached hydrogen (secondary N) is 2. The van der Waals surface area contributed by atoms with Crippen molar-refractivity contribution in [3.63, 3.8) is 0 Å². The smallest absolute Gasteiger partial charge is 0.256 e. The summed E-state index contributed by atoms with van der Waals surface area (Å²) in [5, 5.41) is 15.1. The van der Waals surface area contributed by atoms with E-state index in [1.807, 2.05) is 14.0 Å². The predicted molar refractivity (Wildman–Crippen MR) is 72.9 cm³/mol. The van der Waals surface area contributed by atoms with Crippen LogP contribution in [0.15, 0.2) is 24.4 Å². The summed E-state index contributed by atoms with van der Waals surface area (Å²) in [6.45, 7) is 1.91. The second kappa shape index (κ2) is 4.38. The molecule has 0 radical (unpaired) electrons. The lowest BCUT2D eigenvalue weighted by Gasteiger charge is -2.27. The molecule has 0 saturated carbocycles. The van der Waals surface area contributed by atoms with Crippen LogP contribution in [0.4, 0.5) is 5.82 Å². The molecule has 20 heavy (non-hydrogen) atoms. The highest BCUT2D eigenvalue weighted by Crippen LogP contribution is 2.27. The second-order valence-corrected chi connectivity index (χ2v) is 4.69. The third-order valence-corrected chi connectivity index (χ3v) is 3.61. The number of fused-ring (bicyclic) bond motifs is 1. The van der Waals surface area contributed by atoms with Crippen molar-refractivity contribution in [2.24, 2.45) is 7.05 Å². The lowest BCUT2D eigenvalue weighted by molar-refractivity contribution is 0.0935. The first-order valence-corrected chi connectivity index (χ1v) is 6.20. The summed E-state index contributed by atoms with van der Waals surface area (Å²) in [7, 11) is 1.83. The van der Waals surface area contributed by atoms with Crippen molar-refractivity contribution in [3.05, 3.63) is 46.9 Å². The molecule has 2 aromatic rings. The van der Waals surface area contributed by atoms with E-state index >= 15 is 0 Å². The van der Waals surface area contributed by atoms with Crippen molar-refractivity contribution in [2.75, 3.05) is 5.32 Å². The Bertz CT molecular complexity index is 741. The van der Waals surface area contributed by atoms with Gasteiger partial charge in [-0.3, -0.25) is 4.79 Å². The van der Waals surface area contributed by atoms with E-state index in [-0.39, 0.29) is 12.1 Å². The van der Waals surface area contributed by atoms with Crippen LogP contribution in [0, 0.1) is 18.3 Å². The van der Waals surface area contributed by atoms with E-state index in [2.05, 4.69) is 21.7 Å². The number of hydrogen-bond donors (Lipinski definition) is 2. The molecule has 1 unspecified atom stereocenters. The number of hydrogen-bond acceptors (Lipinski definition) is 4. The fourth-order valence-corrected chi connectivity index (χ4v) is 2.36. The number of nitriles is 1. The number of rotatable bonds is 1. The first kappa shape index (κ1) is 12.2. The molecular weight excluding hydrogens is 254 g/mol. The Morgan fingerprint density at radius 3 is 2.95 bits per heavy atom. The van der Waals surface area contributed by atoms with Gasteiger partial charge in [0.2, 0.25) is 0 Å². The molecule has 1 amide bonds. The third-order valence-electron chi connectivity index (χ3n) is 3.61. The van der Waals surface area contributed by atoms with Gasteiger partial charge < -0.3 is 15.2 Å². The van der Waals surface area contributed by atoms with Crippen LogP contribution in [0.2, 0.25) is 0 Å². The Kier molecular flexibility index (Phi) is 2.68. The van der Waals surface area contributed by atoms with E-state index < -0.39 is 0 Å². The molecule has 0 saturated heterocycles. The molecule has 6 nitrogen and oxygen atoms in total. The number of carbonyl (C=O) groups is 1. The minimum atomic E-state index is -0.377. The molecule has 100 valence electrons. The van der Waals surface area contributed by atoms with Gasteiger partial charge in [-0.05, 0) is 25.1 Å². The van der Waals surface area contributed by atoms with Crippen LogP contribution in [-0.4, -0.2) is 15.5 Å². The summed E-state index contributed by atoms with van der Waals surface area (Å²) >= 11 is 0.